The van der Waals surface area contributed by atoms with Crippen LogP contribution in [0, 0.1) is 5.41 Å². The molecule has 0 aliphatic heterocycles. The molecule has 6 nitrogen and oxygen atoms in total. The number of ketones is 1. The van der Waals surface area contributed by atoms with E-state index in [2.05, 4.69) is 4.99 Å². The molecule has 1 aliphatic rings. The molecule has 0 amide bonds. The second kappa shape index (κ2) is 9.01. The Balaban J connectivity index is 2.21. The molecule has 0 saturated heterocycles. The highest BCUT2D eigenvalue weighted by Gasteiger charge is 2.32. The number of benzene rings is 1. The van der Waals surface area contributed by atoms with Gasteiger partial charge in [-0.15, -0.1) is 0 Å². The van der Waals surface area contributed by atoms with Gasteiger partial charge in [0.2, 0.25) is 10.0 Å². The van der Waals surface area contributed by atoms with Gasteiger partial charge in [-0.2, -0.15) is 4.31 Å². The van der Waals surface area contributed by atoms with Crippen molar-refractivity contribution in [1.29, 1.82) is 0 Å². The molecule has 1 N–H and O–H groups in total. The number of nitrogens with zero attached hydrogens (tertiary/aromatic N) is 2. The fourth-order valence-corrected chi connectivity index (χ4v) is 4.92. The first-order chi connectivity index (χ1) is 13.1. The predicted octanol–water partition coefficient (Wildman–Crippen LogP) is 4.40. The molecule has 0 atom stereocenters. The van der Waals surface area contributed by atoms with Crippen molar-refractivity contribution in [2.75, 3.05) is 13.1 Å². The molecule has 7 heteroatoms. The van der Waals surface area contributed by atoms with Crippen LogP contribution in [0.2, 0.25) is 0 Å². The first kappa shape index (κ1) is 22.3. The van der Waals surface area contributed by atoms with Crippen LogP contribution in [0.15, 0.2) is 45.5 Å². The smallest absolute Gasteiger partial charge is 0.243 e. The lowest BCUT2D eigenvalue weighted by atomic mass is 9.77. The van der Waals surface area contributed by atoms with Crippen molar-refractivity contribution < 1.29 is 18.3 Å². The number of aliphatic imine (C=N–C) groups is 1. The molecule has 0 radical (unpaired) electrons. The van der Waals surface area contributed by atoms with Crippen molar-refractivity contribution in [2.24, 2.45) is 10.4 Å². The predicted molar refractivity (Wildman–Crippen MR) is 112 cm³/mol. The van der Waals surface area contributed by atoms with E-state index < -0.39 is 10.0 Å². The fraction of sp³-hybridized carbons (Fsp3) is 0.524. The van der Waals surface area contributed by atoms with Crippen molar-refractivity contribution in [1.82, 2.24) is 4.31 Å². The normalized spacial score (nSPS) is 17.7. The number of aliphatic hydroxyl groups is 1. The summed E-state index contributed by atoms with van der Waals surface area (Å²) in [6.07, 6.45) is 3.68. The van der Waals surface area contributed by atoms with E-state index in [9.17, 15) is 18.3 Å². The van der Waals surface area contributed by atoms with Crippen LogP contribution in [0.1, 0.15) is 53.4 Å². The Hall–Kier alpha value is -1.99. The van der Waals surface area contributed by atoms with Crippen molar-refractivity contribution in [2.45, 2.75) is 58.3 Å². The molecule has 1 aliphatic carbocycles. The topological polar surface area (TPSA) is 87.0 Å². The van der Waals surface area contributed by atoms with Crippen LogP contribution >= 0.6 is 0 Å². The van der Waals surface area contributed by atoms with E-state index in [4.69, 9.17) is 0 Å². The standard InChI is InChI=1S/C21H30N2O4S/c1-5-11-23(12-6-2)28(26,27)17-9-7-16(8-10-17)22-15-18-19(24)13-21(3,4)14-20(18)25/h7-10,15,24H,5-6,11-14H2,1-4H3. The highest BCUT2D eigenvalue weighted by atomic mass is 32.2. The summed E-state index contributed by atoms with van der Waals surface area (Å²) in [5.41, 5.74) is 0.500. The fourth-order valence-electron chi connectivity index (χ4n) is 3.29. The highest BCUT2D eigenvalue weighted by Crippen LogP contribution is 2.35. The number of aliphatic hydroxyl groups excluding tert-OH is 1. The third-order valence-corrected chi connectivity index (χ3v) is 6.57. The van der Waals surface area contributed by atoms with Gasteiger partial charge in [0.1, 0.15) is 5.76 Å². The Morgan fingerprint density at radius 1 is 1.11 bits per heavy atom. The Bertz CT molecular complexity index is 862. The summed E-state index contributed by atoms with van der Waals surface area (Å²) in [5.74, 6) is -0.0783. The first-order valence-corrected chi connectivity index (χ1v) is 11.1. The van der Waals surface area contributed by atoms with Crippen LogP contribution in [0.5, 0.6) is 0 Å². The van der Waals surface area contributed by atoms with Gasteiger partial charge in [-0.3, -0.25) is 9.79 Å². The zero-order valence-corrected chi connectivity index (χ0v) is 17.9. The molecule has 0 bridgehead atoms. The summed E-state index contributed by atoms with van der Waals surface area (Å²) in [6.45, 7) is 8.76. The molecule has 0 spiro atoms. The monoisotopic (exact) mass is 406 g/mol. The van der Waals surface area contributed by atoms with E-state index in [1.807, 2.05) is 27.7 Å². The minimum Gasteiger partial charge on any atom is -0.511 e. The molecule has 0 fully saturated rings. The van der Waals surface area contributed by atoms with Gasteiger partial charge >= 0.3 is 0 Å². The van der Waals surface area contributed by atoms with Crippen molar-refractivity contribution >= 4 is 27.7 Å². The molecule has 2 rings (SSSR count). The molecular formula is C21H30N2O4S. The van der Waals surface area contributed by atoms with E-state index in [1.165, 1.54) is 22.7 Å². The van der Waals surface area contributed by atoms with E-state index in [-0.39, 0.29) is 27.4 Å². The Kier molecular flexibility index (Phi) is 7.17. The number of allylic oxidation sites excluding steroid dienone is 2. The van der Waals surface area contributed by atoms with E-state index >= 15 is 0 Å². The van der Waals surface area contributed by atoms with Gasteiger partial charge in [-0.05, 0) is 42.5 Å². The lowest BCUT2D eigenvalue weighted by molar-refractivity contribution is -0.117. The maximum Gasteiger partial charge on any atom is 0.243 e. The zero-order chi connectivity index (χ0) is 20.9. The highest BCUT2D eigenvalue weighted by molar-refractivity contribution is 7.89. The van der Waals surface area contributed by atoms with Crippen LogP contribution in [0.4, 0.5) is 5.69 Å². The van der Waals surface area contributed by atoms with E-state index in [0.29, 0.717) is 31.6 Å². The molecule has 0 aromatic heterocycles. The molecule has 154 valence electrons. The molecule has 0 unspecified atom stereocenters. The van der Waals surface area contributed by atoms with Gasteiger partial charge in [-0.1, -0.05) is 27.7 Å². The summed E-state index contributed by atoms with van der Waals surface area (Å²) in [6, 6.07) is 6.27. The number of hydrogen-bond donors (Lipinski definition) is 1. The van der Waals surface area contributed by atoms with Crippen LogP contribution in [-0.2, 0) is 14.8 Å². The minimum atomic E-state index is -3.53. The summed E-state index contributed by atoms with van der Waals surface area (Å²) in [5, 5.41) is 10.1. The largest absolute Gasteiger partial charge is 0.511 e. The second-order valence-corrected chi connectivity index (χ2v) is 9.90. The van der Waals surface area contributed by atoms with Crippen LogP contribution in [0.25, 0.3) is 0 Å². The van der Waals surface area contributed by atoms with Crippen molar-refractivity contribution in [3.05, 3.63) is 35.6 Å². The second-order valence-electron chi connectivity index (χ2n) is 7.96. The molecular weight excluding hydrogens is 376 g/mol. The van der Waals surface area contributed by atoms with Gasteiger partial charge in [0, 0.05) is 32.1 Å². The van der Waals surface area contributed by atoms with Gasteiger partial charge in [-0.25, -0.2) is 8.42 Å². The Labute approximate surface area is 168 Å². The number of hydrogen-bond acceptors (Lipinski definition) is 5. The molecule has 1 aromatic rings. The molecule has 1 aromatic carbocycles. The molecule has 0 saturated carbocycles. The summed E-state index contributed by atoms with van der Waals surface area (Å²) < 4.78 is 27.1. The summed E-state index contributed by atoms with van der Waals surface area (Å²) in [7, 11) is -3.53. The third-order valence-electron chi connectivity index (χ3n) is 4.66. The van der Waals surface area contributed by atoms with Crippen LogP contribution < -0.4 is 0 Å². The minimum absolute atomic E-state index is 0.0546. The van der Waals surface area contributed by atoms with Crippen LogP contribution in [0.3, 0.4) is 0 Å². The Morgan fingerprint density at radius 3 is 2.18 bits per heavy atom. The number of rotatable bonds is 8. The average Bonchev–Trinajstić information content (AvgIpc) is 2.60. The SMILES string of the molecule is CCCN(CCC)S(=O)(=O)c1ccc(N=CC2=C(O)CC(C)(C)CC2=O)cc1. The van der Waals surface area contributed by atoms with E-state index in [0.717, 1.165) is 12.8 Å². The number of carbonyl (C=O) groups is 1. The van der Waals surface area contributed by atoms with Crippen molar-refractivity contribution in [3.63, 3.8) is 0 Å². The zero-order valence-electron chi connectivity index (χ0n) is 17.1. The Morgan fingerprint density at radius 2 is 1.68 bits per heavy atom. The van der Waals surface area contributed by atoms with Gasteiger partial charge in [0.25, 0.3) is 0 Å². The maximum atomic E-state index is 12.8. The van der Waals surface area contributed by atoms with E-state index in [1.54, 1.807) is 12.1 Å². The lowest BCUT2D eigenvalue weighted by Gasteiger charge is -2.28. The quantitative estimate of drug-likeness (QED) is 0.648. The number of sulfonamides is 1. The van der Waals surface area contributed by atoms with Gasteiger partial charge in [0.15, 0.2) is 5.78 Å². The molecule has 0 heterocycles. The van der Waals surface area contributed by atoms with Gasteiger partial charge < -0.3 is 5.11 Å². The van der Waals surface area contributed by atoms with Crippen LogP contribution in [-0.4, -0.2) is 42.9 Å². The molecule has 28 heavy (non-hydrogen) atoms. The maximum absolute atomic E-state index is 12.8. The number of carbonyl (C=O) groups excluding carboxylic acids is 1. The summed E-state index contributed by atoms with van der Waals surface area (Å²) >= 11 is 0. The summed E-state index contributed by atoms with van der Waals surface area (Å²) in [4.78, 5) is 16.7. The first-order valence-electron chi connectivity index (χ1n) is 9.70. The number of Topliss-reactive ketones (excluding diaryl/α,β-unsaturated/α-hetero) is 1. The third kappa shape index (κ3) is 5.29. The lowest BCUT2D eigenvalue weighted by Crippen LogP contribution is -2.32. The average molecular weight is 407 g/mol. The van der Waals surface area contributed by atoms with Gasteiger partial charge in [0.05, 0.1) is 16.2 Å². The van der Waals surface area contributed by atoms with Crippen molar-refractivity contribution in [3.8, 4) is 0 Å².